The molecule has 0 aliphatic heterocycles. The van der Waals surface area contributed by atoms with Gasteiger partial charge < -0.3 is 13.6 Å². The molecule has 0 aliphatic carbocycles. The topological polar surface area (TPSA) is 51.1 Å². The van der Waals surface area contributed by atoms with Gasteiger partial charge in [-0.05, 0) is 66.7 Å². The van der Waals surface area contributed by atoms with Crippen LogP contribution in [0.4, 0.5) is 5.69 Å². The quantitative estimate of drug-likeness (QED) is 0.202. The Labute approximate surface area is 245 Å². The van der Waals surface area contributed by atoms with E-state index in [2.05, 4.69) is 80.7 Å². The monoisotopic (exact) mass is 548 g/mol. The van der Waals surface area contributed by atoms with Crippen LogP contribution in [0.5, 0.6) is 0 Å². The normalized spacial score (nSPS) is 11.7. The first-order valence-corrected chi connectivity index (χ1v) is 14.0. The van der Waals surface area contributed by atoms with Crippen LogP contribution in [-0.4, -0.2) is 9.13 Å². The molecule has 6 aromatic carbocycles. The smallest absolute Gasteiger partial charge is 0.191 e. The predicted octanol–water partition coefficient (Wildman–Crippen LogP) is 10.2. The molecule has 0 N–H and O–H groups in total. The van der Waals surface area contributed by atoms with E-state index >= 15 is 0 Å². The van der Waals surface area contributed by atoms with Gasteiger partial charge in [0.25, 0.3) is 0 Å². The van der Waals surface area contributed by atoms with Crippen molar-refractivity contribution in [3.05, 3.63) is 138 Å². The van der Waals surface area contributed by atoms with Crippen molar-refractivity contribution in [3.63, 3.8) is 0 Å². The molecule has 9 aromatic rings. The van der Waals surface area contributed by atoms with Gasteiger partial charge in [0.05, 0.1) is 40.3 Å². The third kappa shape index (κ3) is 3.25. The average Bonchev–Trinajstić information content (AvgIpc) is 3.70. The van der Waals surface area contributed by atoms with Gasteiger partial charge in [-0.3, -0.25) is 0 Å². The zero-order chi connectivity index (χ0) is 28.7. The Kier molecular flexibility index (Phi) is 4.68. The van der Waals surface area contributed by atoms with E-state index in [0.717, 1.165) is 76.9 Å². The maximum absolute atomic E-state index is 9.59. The number of furan rings is 1. The number of hydrogen-bond donors (Lipinski definition) is 0. The second kappa shape index (κ2) is 8.60. The zero-order valence-corrected chi connectivity index (χ0v) is 22.7. The standard InChI is InChI=1S/C38H20N4O/c1-40-24-17-25(41-33-11-5-2-8-27(33)30-16-23(22-39)14-15-35(30)41)19-26(18-24)42-34-12-6-3-9-28(34)31-21-38-32(20-36(31)42)29-10-4-7-13-37(29)43-38/h2-21H. The lowest BCUT2D eigenvalue weighted by molar-refractivity contribution is 0.669. The molecule has 3 aromatic heterocycles. The molecule has 0 radical (unpaired) electrons. The van der Waals surface area contributed by atoms with Gasteiger partial charge in [0.2, 0.25) is 0 Å². The Morgan fingerprint density at radius 1 is 0.535 bits per heavy atom. The molecule has 0 amide bonds. The Hall–Kier alpha value is -6.30. The van der Waals surface area contributed by atoms with Gasteiger partial charge in [0.1, 0.15) is 11.2 Å². The summed E-state index contributed by atoms with van der Waals surface area (Å²) in [6.45, 7) is 8.03. The minimum absolute atomic E-state index is 0.549. The van der Waals surface area contributed by atoms with Gasteiger partial charge in [0.15, 0.2) is 5.69 Å². The van der Waals surface area contributed by atoms with Crippen LogP contribution >= 0.6 is 0 Å². The molecule has 0 spiro atoms. The highest BCUT2D eigenvalue weighted by molar-refractivity contribution is 6.17. The summed E-state index contributed by atoms with van der Waals surface area (Å²) in [4.78, 5) is 3.91. The first kappa shape index (κ1) is 23.4. The molecule has 0 atom stereocenters. The fraction of sp³-hybridized carbons (Fsp3) is 0. The van der Waals surface area contributed by atoms with Crippen LogP contribution < -0.4 is 0 Å². The molecule has 0 saturated heterocycles. The van der Waals surface area contributed by atoms with Crippen LogP contribution in [0, 0.1) is 17.9 Å². The SMILES string of the molecule is [C-]#[N+]c1cc(-n2c3ccccc3c3cc(C#N)ccc32)cc(-n2c3ccccc3c3cc4oc5ccccc5c4cc32)c1. The lowest BCUT2D eigenvalue weighted by Crippen LogP contribution is -1.99. The number of fused-ring (bicyclic) bond motifs is 9. The van der Waals surface area contributed by atoms with Gasteiger partial charge in [-0.15, -0.1) is 0 Å². The largest absolute Gasteiger partial charge is 0.456 e. The summed E-state index contributed by atoms with van der Waals surface area (Å²) in [6, 6.07) is 43.2. The maximum atomic E-state index is 9.59. The summed E-state index contributed by atoms with van der Waals surface area (Å²) in [5.74, 6) is 0. The van der Waals surface area contributed by atoms with E-state index in [1.54, 1.807) is 0 Å². The first-order valence-electron chi connectivity index (χ1n) is 14.0. The summed E-state index contributed by atoms with van der Waals surface area (Å²) < 4.78 is 10.7. The highest BCUT2D eigenvalue weighted by Gasteiger charge is 2.19. The van der Waals surface area contributed by atoms with Crippen molar-refractivity contribution in [2.75, 3.05) is 0 Å². The Balaban J connectivity index is 1.39. The highest BCUT2D eigenvalue weighted by atomic mass is 16.3. The number of rotatable bonds is 2. The zero-order valence-electron chi connectivity index (χ0n) is 22.7. The van der Waals surface area contributed by atoms with Gasteiger partial charge in [0, 0.05) is 43.7 Å². The van der Waals surface area contributed by atoms with Crippen molar-refractivity contribution < 1.29 is 4.42 Å². The number of nitrogens with zero attached hydrogens (tertiary/aromatic N) is 4. The predicted molar refractivity (Wildman–Crippen MR) is 173 cm³/mol. The van der Waals surface area contributed by atoms with Crippen molar-refractivity contribution in [3.8, 4) is 17.4 Å². The molecule has 5 heteroatoms. The van der Waals surface area contributed by atoms with E-state index < -0.39 is 0 Å². The van der Waals surface area contributed by atoms with Gasteiger partial charge in [-0.2, -0.15) is 5.26 Å². The number of hydrogen-bond acceptors (Lipinski definition) is 2. The summed E-state index contributed by atoms with van der Waals surface area (Å²) in [5, 5.41) is 16.0. The Morgan fingerprint density at radius 3 is 1.84 bits per heavy atom. The van der Waals surface area contributed by atoms with Crippen LogP contribution in [0.3, 0.4) is 0 Å². The molecule has 0 aliphatic rings. The van der Waals surface area contributed by atoms with Crippen LogP contribution in [0.25, 0.3) is 81.8 Å². The number of para-hydroxylation sites is 3. The molecule has 9 rings (SSSR count). The third-order valence-electron chi connectivity index (χ3n) is 8.51. The average molecular weight is 549 g/mol. The molecule has 0 bridgehead atoms. The van der Waals surface area contributed by atoms with Crippen molar-refractivity contribution >= 4 is 71.2 Å². The fourth-order valence-electron chi connectivity index (χ4n) is 6.69. The second-order valence-corrected chi connectivity index (χ2v) is 10.8. The molecule has 5 nitrogen and oxygen atoms in total. The number of benzene rings is 6. The maximum Gasteiger partial charge on any atom is 0.191 e. The minimum atomic E-state index is 0.549. The van der Waals surface area contributed by atoms with E-state index in [4.69, 9.17) is 11.0 Å². The Morgan fingerprint density at radius 2 is 1.14 bits per heavy atom. The number of nitriles is 1. The van der Waals surface area contributed by atoms with Crippen LogP contribution in [0.2, 0.25) is 0 Å². The van der Waals surface area contributed by atoms with Crippen molar-refractivity contribution in [1.29, 1.82) is 5.26 Å². The van der Waals surface area contributed by atoms with Crippen molar-refractivity contribution in [1.82, 2.24) is 9.13 Å². The molecule has 0 saturated carbocycles. The first-order chi connectivity index (χ1) is 21.2. The fourth-order valence-corrected chi connectivity index (χ4v) is 6.69. The Bertz CT molecular complexity index is 2710. The molecule has 3 heterocycles. The summed E-state index contributed by atoms with van der Waals surface area (Å²) in [6.07, 6.45) is 0. The van der Waals surface area contributed by atoms with Crippen LogP contribution in [0.15, 0.2) is 126 Å². The minimum Gasteiger partial charge on any atom is -0.456 e. The molecule has 0 unspecified atom stereocenters. The highest BCUT2D eigenvalue weighted by Crippen LogP contribution is 2.40. The summed E-state index contributed by atoms with van der Waals surface area (Å²) in [7, 11) is 0. The summed E-state index contributed by atoms with van der Waals surface area (Å²) in [5.41, 5.74) is 8.80. The number of aromatic nitrogens is 2. The van der Waals surface area contributed by atoms with E-state index in [9.17, 15) is 5.26 Å². The molecular weight excluding hydrogens is 528 g/mol. The van der Waals surface area contributed by atoms with Gasteiger partial charge >= 0.3 is 0 Å². The third-order valence-corrected chi connectivity index (χ3v) is 8.51. The lowest BCUT2D eigenvalue weighted by Gasteiger charge is -2.14. The summed E-state index contributed by atoms with van der Waals surface area (Å²) >= 11 is 0. The van der Waals surface area contributed by atoms with Crippen molar-refractivity contribution in [2.24, 2.45) is 0 Å². The molecule has 0 fully saturated rings. The van der Waals surface area contributed by atoms with Crippen LogP contribution in [-0.2, 0) is 0 Å². The van der Waals surface area contributed by atoms with E-state index in [-0.39, 0.29) is 0 Å². The van der Waals surface area contributed by atoms with E-state index in [1.807, 2.05) is 60.7 Å². The van der Waals surface area contributed by atoms with Crippen molar-refractivity contribution in [2.45, 2.75) is 0 Å². The second-order valence-electron chi connectivity index (χ2n) is 10.8. The van der Waals surface area contributed by atoms with Gasteiger partial charge in [-0.25, -0.2) is 4.85 Å². The molecule has 198 valence electrons. The van der Waals surface area contributed by atoms with Gasteiger partial charge in [-0.1, -0.05) is 54.6 Å². The van der Waals surface area contributed by atoms with E-state index in [1.165, 1.54) is 0 Å². The molecule has 43 heavy (non-hydrogen) atoms. The lowest BCUT2D eigenvalue weighted by atomic mass is 10.1. The van der Waals surface area contributed by atoms with E-state index in [0.29, 0.717) is 11.3 Å². The van der Waals surface area contributed by atoms with Crippen LogP contribution in [0.1, 0.15) is 5.56 Å². The molecular formula is C38H20N4O.